The molecular formula is C18H21NO. The van der Waals surface area contributed by atoms with E-state index in [1.54, 1.807) is 0 Å². The lowest BCUT2D eigenvalue weighted by Gasteiger charge is -2.11. The smallest absolute Gasteiger partial charge is 0.139 e. The molecule has 2 nitrogen and oxygen atoms in total. The van der Waals surface area contributed by atoms with Crippen molar-refractivity contribution < 1.29 is 4.79 Å². The zero-order valence-electron chi connectivity index (χ0n) is 12.1. The summed E-state index contributed by atoms with van der Waals surface area (Å²) in [4.78, 5) is 12.1. The van der Waals surface area contributed by atoms with Gasteiger partial charge in [0.15, 0.2) is 0 Å². The second-order valence-corrected chi connectivity index (χ2v) is 5.43. The van der Waals surface area contributed by atoms with Crippen LogP contribution >= 0.6 is 0 Å². The molecule has 20 heavy (non-hydrogen) atoms. The third kappa shape index (κ3) is 4.04. The third-order valence-corrected chi connectivity index (χ3v) is 3.36. The average molecular weight is 267 g/mol. The van der Waals surface area contributed by atoms with Crippen molar-refractivity contribution >= 4 is 5.78 Å². The van der Waals surface area contributed by atoms with Gasteiger partial charge in [0.2, 0.25) is 0 Å². The summed E-state index contributed by atoms with van der Waals surface area (Å²) in [5.41, 5.74) is 10.6. The molecular weight excluding hydrogens is 246 g/mol. The number of Topliss-reactive ketones (excluding diaryl/α,β-unsaturated/α-hetero) is 1. The molecule has 0 spiro atoms. The first-order chi connectivity index (χ1) is 9.54. The van der Waals surface area contributed by atoms with Crippen LogP contribution in [0, 0.1) is 13.8 Å². The van der Waals surface area contributed by atoms with E-state index in [1.807, 2.05) is 30.3 Å². The van der Waals surface area contributed by atoms with Crippen molar-refractivity contribution in [2.24, 2.45) is 5.73 Å². The van der Waals surface area contributed by atoms with Crippen molar-refractivity contribution in [1.82, 2.24) is 0 Å². The molecule has 2 rings (SSSR count). The molecule has 0 radical (unpaired) electrons. The molecule has 2 aromatic rings. The van der Waals surface area contributed by atoms with E-state index in [4.69, 9.17) is 5.73 Å². The first-order valence-corrected chi connectivity index (χ1v) is 6.94. The maximum absolute atomic E-state index is 12.1. The molecule has 0 aromatic heterocycles. The monoisotopic (exact) mass is 267 g/mol. The van der Waals surface area contributed by atoms with Crippen molar-refractivity contribution in [3.63, 3.8) is 0 Å². The van der Waals surface area contributed by atoms with Crippen LogP contribution < -0.4 is 5.73 Å². The van der Waals surface area contributed by atoms with E-state index in [2.05, 4.69) is 32.0 Å². The van der Waals surface area contributed by atoms with Crippen LogP contribution in [0.5, 0.6) is 0 Å². The molecule has 0 fully saturated rings. The summed E-state index contributed by atoms with van der Waals surface area (Å²) in [6.07, 6.45) is 0.847. The average Bonchev–Trinajstić information content (AvgIpc) is 2.38. The second-order valence-electron chi connectivity index (χ2n) is 5.43. The van der Waals surface area contributed by atoms with E-state index in [1.165, 1.54) is 11.1 Å². The molecule has 2 aromatic carbocycles. The van der Waals surface area contributed by atoms with Crippen LogP contribution in [0.4, 0.5) is 0 Å². The number of ketones is 1. The van der Waals surface area contributed by atoms with Crippen LogP contribution in [0.25, 0.3) is 0 Å². The molecule has 1 unspecified atom stereocenters. The summed E-state index contributed by atoms with van der Waals surface area (Å²) in [6.45, 7) is 4.10. The highest BCUT2D eigenvalue weighted by Crippen LogP contribution is 2.16. The van der Waals surface area contributed by atoms with Crippen LogP contribution in [0.1, 0.15) is 34.7 Å². The zero-order chi connectivity index (χ0) is 14.5. The standard InChI is InChI=1S/C18H21NO/c1-13-8-14(2)10-15(9-13)11-17(20)12-18(19)16-6-4-3-5-7-16/h3-10,18H,11-12,19H2,1-2H3. The Morgan fingerprint density at radius 1 is 1.05 bits per heavy atom. The highest BCUT2D eigenvalue weighted by molar-refractivity contribution is 5.81. The van der Waals surface area contributed by atoms with Gasteiger partial charge in [-0.3, -0.25) is 4.79 Å². The summed E-state index contributed by atoms with van der Waals surface area (Å²) in [5.74, 6) is 0.186. The Bertz CT molecular complexity index is 569. The van der Waals surface area contributed by atoms with Crippen LogP contribution in [0.3, 0.4) is 0 Å². The van der Waals surface area contributed by atoms with Gasteiger partial charge in [0.05, 0.1) is 0 Å². The van der Waals surface area contributed by atoms with Gasteiger partial charge in [-0.05, 0) is 25.0 Å². The fourth-order valence-electron chi connectivity index (χ4n) is 2.53. The van der Waals surface area contributed by atoms with Gasteiger partial charge < -0.3 is 5.73 Å². The predicted molar refractivity (Wildman–Crippen MR) is 82.6 cm³/mol. The number of hydrogen-bond donors (Lipinski definition) is 1. The number of hydrogen-bond acceptors (Lipinski definition) is 2. The minimum absolute atomic E-state index is 0.186. The minimum Gasteiger partial charge on any atom is -0.324 e. The molecule has 1 atom stereocenters. The van der Waals surface area contributed by atoms with Gasteiger partial charge in [-0.15, -0.1) is 0 Å². The van der Waals surface area contributed by atoms with Gasteiger partial charge in [0.1, 0.15) is 5.78 Å². The first-order valence-electron chi connectivity index (χ1n) is 6.94. The number of carbonyl (C=O) groups excluding carboxylic acids is 1. The summed E-state index contributed by atoms with van der Waals surface area (Å²) in [5, 5.41) is 0. The maximum Gasteiger partial charge on any atom is 0.139 e. The van der Waals surface area contributed by atoms with Crippen LogP contribution in [-0.4, -0.2) is 5.78 Å². The fraction of sp³-hybridized carbons (Fsp3) is 0.278. The lowest BCUT2D eigenvalue weighted by atomic mass is 9.97. The highest BCUT2D eigenvalue weighted by Gasteiger charge is 2.12. The fourth-order valence-corrected chi connectivity index (χ4v) is 2.53. The van der Waals surface area contributed by atoms with Gasteiger partial charge in [0.25, 0.3) is 0 Å². The van der Waals surface area contributed by atoms with E-state index in [-0.39, 0.29) is 11.8 Å². The Labute approximate surface area is 120 Å². The quantitative estimate of drug-likeness (QED) is 0.901. The van der Waals surface area contributed by atoms with E-state index in [0.29, 0.717) is 12.8 Å². The zero-order valence-corrected chi connectivity index (χ0v) is 12.1. The number of rotatable bonds is 5. The Balaban J connectivity index is 1.99. The van der Waals surface area contributed by atoms with E-state index >= 15 is 0 Å². The van der Waals surface area contributed by atoms with Crippen LogP contribution in [0.2, 0.25) is 0 Å². The van der Waals surface area contributed by atoms with E-state index in [9.17, 15) is 4.79 Å². The van der Waals surface area contributed by atoms with E-state index in [0.717, 1.165) is 11.1 Å². The SMILES string of the molecule is Cc1cc(C)cc(CC(=O)CC(N)c2ccccc2)c1. The number of benzene rings is 2. The largest absolute Gasteiger partial charge is 0.324 e. The van der Waals surface area contributed by atoms with Crippen molar-refractivity contribution in [2.45, 2.75) is 32.7 Å². The van der Waals surface area contributed by atoms with Gasteiger partial charge >= 0.3 is 0 Å². The molecule has 2 N–H and O–H groups in total. The van der Waals surface area contributed by atoms with E-state index < -0.39 is 0 Å². The molecule has 0 saturated carbocycles. The van der Waals surface area contributed by atoms with Crippen LogP contribution in [0.15, 0.2) is 48.5 Å². The molecule has 104 valence electrons. The topological polar surface area (TPSA) is 43.1 Å². The van der Waals surface area contributed by atoms with Crippen molar-refractivity contribution in [3.05, 3.63) is 70.8 Å². The van der Waals surface area contributed by atoms with Crippen molar-refractivity contribution in [1.29, 1.82) is 0 Å². The second kappa shape index (κ2) is 6.49. The van der Waals surface area contributed by atoms with Crippen molar-refractivity contribution in [2.75, 3.05) is 0 Å². The highest BCUT2D eigenvalue weighted by atomic mass is 16.1. The summed E-state index contributed by atoms with van der Waals surface area (Å²) >= 11 is 0. The van der Waals surface area contributed by atoms with Gasteiger partial charge in [0, 0.05) is 18.9 Å². The molecule has 0 amide bonds. The Morgan fingerprint density at radius 2 is 1.65 bits per heavy atom. The normalized spacial score (nSPS) is 12.2. The Kier molecular flexibility index (Phi) is 4.70. The lowest BCUT2D eigenvalue weighted by molar-refractivity contribution is -0.118. The van der Waals surface area contributed by atoms with Gasteiger partial charge in [-0.1, -0.05) is 59.7 Å². The molecule has 0 saturated heterocycles. The maximum atomic E-state index is 12.1. The molecule has 0 aliphatic heterocycles. The summed E-state index contributed by atoms with van der Waals surface area (Å²) < 4.78 is 0. The lowest BCUT2D eigenvalue weighted by Crippen LogP contribution is -2.16. The summed E-state index contributed by atoms with van der Waals surface area (Å²) in [6, 6.07) is 15.8. The molecule has 0 aliphatic rings. The molecule has 2 heteroatoms. The Hall–Kier alpha value is -1.93. The van der Waals surface area contributed by atoms with Crippen molar-refractivity contribution in [3.8, 4) is 0 Å². The number of carbonyl (C=O) groups is 1. The summed E-state index contributed by atoms with van der Waals surface area (Å²) in [7, 11) is 0. The predicted octanol–water partition coefficient (Wildman–Crippen LogP) is 3.51. The third-order valence-electron chi connectivity index (χ3n) is 3.36. The molecule has 0 heterocycles. The van der Waals surface area contributed by atoms with Gasteiger partial charge in [-0.25, -0.2) is 0 Å². The van der Waals surface area contributed by atoms with Gasteiger partial charge in [-0.2, -0.15) is 0 Å². The molecule has 0 bridgehead atoms. The number of aryl methyl sites for hydroxylation is 2. The minimum atomic E-state index is -0.213. The Morgan fingerprint density at radius 3 is 2.25 bits per heavy atom. The van der Waals surface area contributed by atoms with Crippen LogP contribution in [-0.2, 0) is 11.2 Å². The number of nitrogens with two attached hydrogens (primary N) is 1. The first kappa shape index (κ1) is 14.5. The molecule has 0 aliphatic carbocycles.